The van der Waals surface area contributed by atoms with Gasteiger partial charge in [0.05, 0.1) is 18.5 Å². The van der Waals surface area contributed by atoms with Gasteiger partial charge >= 0.3 is 0 Å². The highest BCUT2D eigenvalue weighted by Gasteiger charge is 2.05. The molecule has 0 saturated heterocycles. The van der Waals surface area contributed by atoms with E-state index in [1.54, 1.807) is 25.1 Å². The summed E-state index contributed by atoms with van der Waals surface area (Å²) in [6, 6.07) is 0. The van der Waals surface area contributed by atoms with Gasteiger partial charge in [-0.2, -0.15) is 0 Å². The van der Waals surface area contributed by atoms with Crippen LogP contribution in [0.15, 0.2) is 11.4 Å². The van der Waals surface area contributed by atoms with E-state index in [9.17, 15) is 0 Å². The predicted octanol–water partition coefficient (Wildman–Crippen LogP) is 1.82. The van der Waals surface area contributed by atoms with Crippen molar-refractivity contribution >= 4 is 11.8 Å². The number of aliphatic hydroxyl groups excluding tert-OH is 1. The van der Waals surface area contributed by atoms with Crippen LogP contribution in [-0.2, 0) is 18.4 Å². The number of imidazole rings is 1. The number of ether oxygens (including phenoxy) is 1. The Kier molecular flexibility index (Phi) is 6.52. The summed E-state index contributed by atoms with van der Waals surface area (Å²) in [4.78, 5) is 4.26. The van der Waals surface area contributed by atoms with Crippen LogP contribution < -0.4 is 0 Å². The van der Waals surface area contributed by atoms with Gasteiger partial charge in [-0.25, -0.2) is 4.98 Å². The molecule has 16 heavy (non-hydrogen) atoms. The van der Waals surface area contributed by atoms with Crippen LogP contribution in [0.3, 0.4) is 0 Å². The molecule has 0 unspecified atom stereocenters. The standard InChI is InChI=1S/C11H20N2O2S/c1-13-10(9-14)8-12-11(13)16-7-5-3-4-6-15-2/h8,14H,3-7,9H2,1-2H3. The lowest BCUT2D eigenvalue weighted by molar-refractivity contribution is 0.192. The Hall–Kier alpha value is -0.520. The van der Waals surface area contributed by atoms with Gasteiger partial charge in [0.2, 0.25) is 0 Å². The van der Waals surface area contributed by atoms with Gasteiger partial charge in [-0.05, 0) is 12.8 Å². The highest BCUT2D eigenvalue weighted by molar-refractivity contribution is 7.99. The number of aliphatic hydroxyl groups is 1. The second kappa shape index (κ2) is 7.70. The number of unbranched alkanes of at least 4 members (excludes halogenated alkanes) is 2. The Morgan fingerprint density at radius 2 is 2.25 bits per heavy atom. The lowest BCUT2D eigenvalue weighted by atomic mass is 10.3. The molecule has 0 aliphatic carbocycles. The molecule has 1 N–H and O–H groups in total. The van der Waals surface area contributed by atoms with E-state index in [0.29, 0.717) is 0 Å². The van der Waals surface area contributed by atoms with E-state index in [1.165, 1.54) is 12.8 Å². The summed E-state index contributed by atoms with van der Waals surface area (Å²) < 4.78 is 6.94. The van der Waals surface area contributed by atoms with Gasteiger partial charge in [-0.1, -0.05) is 18.2 Å². The minimum Gasteiger partial charge on any atom is -0.390 e. The van der Waals surface area contributed by atoms with E-state index in [0.717, 1.165) is 29.6 Å². The molecule has 4 nitrogen and oxygen atoms in total. The Morgan fingerprint density at radius 1 is 1.44 bits per heavy atom. The van der Waals surface area contributed by atoms with Crippen molar-refractivity contribution in [3.63, 3.8) is 0 Å². The highest BCUT2D eigenvalue weighted by atomic mass is 32.2. The smallest absolute Gasteiger partial charge is 0.167 e. The maximum atomic E-state index is 9.02. The molecule has 0 spiro atoms. The lowest BCUT2D eigenvalue weighted by Gasteiger charge is -2.03. The number of methoxy groups -OCH3 is 1. The first-order chi connectivity index (χ1) is 7.79. The lowest BCUT2D eigenvalue weighted by Crippen LogP contribution is -1.98. The zero-order chi connectivity index (χ0) is 11.8. The van der Waals surface area contributed by atoms with E-state index in [-0.39, 0.29) is 6.61 Å². The molecule has 0 bridgehead atoms. The first-order valence-electron chi connectivity index (χ1n) is 5.52. The van der Waals surface area contributed by atoms with Gasteiger partial charge in [0, 0.05) is 26.5 Å². The summed E-state index contributed by atoms with van der Waals surface area (Å²) in [7, 11) is 3.67. The number of thioether (sulfide) groups is 1. The fourth-order valence-corrected chi connectivity index (χ4v) is 2.36. The summed E-state index contributed by atoms with van der Waals surface area (Å²) in [6.07, 6.45) is 5.22. The van der Waals surface area contributed by atoms with Crippen molar-refractivity contribution in [3.05, 3.63) is 11.9 Å². The molecular weight excluding hydrogens is 224 g/mol. The fraction of sp³-hybridized carbons (Fsp3) is 0.727. The average Bonchev–Trinajstić information content (AvgIpc) is 2.65. The largest absolute Gasteiger partial charge is 0.390 e. The molecule has 1 aromatic heterocycles. The third-order valence-electron chi connectivity index (χ3n) is 2.43. The third kappa shape index (κ3) is 4.15. The van der Waals surface area contributed by atoms with E-state index < -0.39 is 0 Å². The maximum Gasteiger partial charge on any atom is 0.167 e. The Morgan fingerprint density at radius 3 is 2.88 bits per heavy atom. The van der Waals surface area contributed by atoms with Crippen LogP contribution in [0.5, 0.6) is 0 Å². The highest BCUT2D eigenvalue weighted by Crippen LogP contribution is 2.18. The molecule has 0 aromatic carbocycles. The Labute approximate surface area is 101 Å². The van der Waals surface area contributed by atoms with Crippen molar-refractivity contribution in [1.29, 1.82) is 0 Å². The van der Waals surface area contributed by atoms with Crippen LogP contribution >= 0.6 is 11.8 Å². The predicted molar refractivity (Wildman–Crippen MR) is 65.6 cm³/mol. The summed E-state index contributed by atoms with van der Waals surface area (Å²) in [5, 5.41) is 10.00. The molecule has 92 valence electrons. The van der Waals surface area contributed by atoms with Crippen molar-refractivity contribution in [3.8, 4) is 0 Å². The molecule has 1 rings (SSSR count). The molecule has 0 amide bonds. The minimum atomic E-state index is 0.0535. The molecule has 1 heterocycles. The summed E-state index contributed by atoms with van der Waals surface area (Å²) in [6.45, 7) is 0.902. The molecule has 0 radical (unpaired) electrons. The number of rotatable bonds is 8. The molecule has 0 atom stereocenters. The Balaban J connectivity index is 2.19. The van der Waals surface area contributed by atoms with E-state index in [1.807, 2.05) is 11.6 Å². The number of nitrogens with zero attached hydrogens (tertiary/aromatic N) is 2. The normalized spacial score (nSPS) is 10.9. The maximum absolute atomic E-state index is 9.02. The number of aromatic nitrogens is 2. The topological polar surface area (TPSA) is 47.3 Å². The zero-order valence-corrected chi connectivity index (χ0v) is 10.8. The molecule has 5 heteroatoms. The SMILES string of the molecule is COCCCCCSc1ncc(CO)n1C. The number of hydrogen-bond donors (Lipinski definition) is 1. The van der Waals surface area contributed by atoms with Crippen LogP contribution in [0.4, 0.5) is 0 Å². The molecular formula is C11H20N2O2S. The monoisotopic (exact) mass is 244 g/mol. The van der Waals surface area contributed by atoms with Crippen LogP contribution in [0.1, 0.15) is 25.0 Å². The molecule has 0 aliphatic heterocycles. The van der Waals surface area contributed by atoms with E-state index in [2.05, 4.69) is 4.98 Å². The van der Waals surface area contributed by atoms with Gasteiger partial charge in [-0.15, -0.1) is 0 Å². The zero-order valence-electron chi connectivity index (χ0n) is 9.98. The van der Waals surface area contributed by atoms with Gasteiger partial charge in [0.25, 0.3) is 0 Å². The van der Waals surface area contributed by atoms with Crippen LogP contribution in [-0.4, -0.2) is 34.1 Å². The van der Waals surface area contributed by atoms with Gasteiger partial charge in [-0.3, -0.25) is 0 Å². The minimum absolute atomic E-state index is 0.0535. The van der Waals surface area contributed by atoms with Crippen LogP contribution in [0, 0.1) is 0 Å². The second-order valence-corrected chi connectivity index (χ2v) is 4.71. The van der Waals surface area contributed by atoms with Crippen molar-refractivity contribution in [2.24, 2.45) is 7.05 Å². The third-order valence-corrected chi connectivity index (χ3v) is 3.56. The van der Waals surface area contributed by atoms with Crippen molar-refractivity contribution in [1.82, 2.24) is 9.55 Å². The molecule has 0 fully saturated rings. The first-order valence-corrected chi connectivity index (χ1v) is 6.51. The van der Waals surface area contributed by atoms with Crippen LogP contribution in [0.2, 0.25) is 0 Å². The molecule has 0 aliphatic rings. The second-order valence-electron chi connectivity index (χ2n) is 3.65. The summed E-state index contributed by atoms with van der Waals surface area (Å²) in [5.74, 6) is 1.07. The summed E-state index contributed by atoms with van der Waals surface area (Å²) >= 11 is 1.74. The summed E-state index contributed by atoms with van der Waals surface area (Å²) in [5.41, 5.74) is 0.863. The first kappa shape index (κ1) is 13.5. The number of hydrogen-bond acceptors (Lipinski definition) is 4. The van der Waals surface area contributed by atoms with Gasteiger partial charge in [0.15, 0.2) is 5.16 Å². The molecule has 0 saturated carbocycles. The van der Waals surface area contributed by atoms with Crippen LogP contribution in [0.25, 0.3) is 0 Å². The van der Waals surface area contributed by atoms with Crippen molar-refractivity contribution < 1.29 is 9.84 Å². The molecule has 1 aromatic rings. The van der Waals surface area contributed by atoms with Gasteiger partial charge < -0.3 is 14.4 Å². The van der Waals surface area contributed by atoms with E-state index >= 15 is 0 Å². The van der Waals surface area contributed by atoms with E-state index in [4.69, 9.17) is 9.84 Å². The fourth-order valence-electron chi connectivity index (χ4n) is 1.40. The van der Waals surface area contributed by atoms with Gasteiger partial charge in [0.1, 0.15) is 0 Å². The van der Waals surface area contributed by atoms with Crippen molar-refractivity contribution in [2.45, 2.75) is 31.0 Å². The quantitative estimate of drug-likeness (QED) is 0.560. The average molecular weight is 244 g/mol. The van der Waals surface area contributed by atoms with Crippen molar-refractivity contribution in [2.75, 3.05) is 19.5 Å². The Bertz CT molecular complexity index is 302.